The summed E-state index contributed by atoms with van der Waals surface area (Å²) in [6.45, 7) is 0.594. The van der Waals surface area contributed by atoms with Crippen molar-refractivity contribution in [2.45, 2.75) is 6.54 Å². The van der Waals surface area contributed by atoms with Crippen molar-refractivity contribution in [3.8, 4) is 0 Å². The lowest BCUT2D eigenvalue weighted by Gasteiger charge is -2.18. The second-order valence-electron chi connectivity index (χ2n) is 5.31. The van der Waals surface area contributed by atoms with Crippen molar-refractivity contribution >= 4 is 32.6 Å². The van der Waals surface area contributed by atoms with Crippen LogP contribution < -0.4 is 0 Å². The topological polar surface area (TPSA) is 20.3 Å². The van der Waals surface area contributed by atoms with E-state index in [1.165, 1.54) is 10.8 Å². The van der Waals surface area contributed by atoms with Crippen molar-refractivity contribution in [2.24, 2.45) is 0 Å². The fourth-order valence-electron chi connectivity index (χ4n) is 2.57. The lowest BCUT2D eigenvalue weighted by atomic mass is 10.0. The minimum absolute atomic E-state index is 0.0282. The summed E-state index contributed by atoms with van der Waals surface area (Å²) in [6, 6.07) is 21.9. The minimum atomic E-state index is 0.0282. The molecule has 3 aromatic carbocycles. The van der Waals surface area contributed by atoms with Gasteiger partial charge < -0.3 is 4.90 Å². The molecule has 0 saturated heterocycles. The highest BCUT2D eigenvalue weighted by Crippen LogP contribution is 2.20. The van der Waals surface area contributed by atoms with E-state index in [4.69, 9.17) is 0 Å². The Labute approximate surface area is 138 Å². The second-order valence-corrected chi connectivity index (χ2v) is 6.22. The molecule has 2 nitrogen and oxygen atoms in total. The van der Waals surface area contributed by atoms with Crippen molar-refractivity contribution in [3.63, 3.8) is 0 Å². The van der Waals surface area contributed by atoms with Gasteiger partial charge in [-0.3, -0.25) is 4.79 Å². The molecule has 0 aliphatic carbocycles. The van der Waals surface area contributed by atoms with Crippen LogP contribution in [0.25, 0.3) is 10.8 Å². The zero-order valence-corrected chi connectivity index (χ0v) is 13.9. The van der Waals surface area contributed by atoms with E-state index in [9.17, 15) is 4.79 Å². The zero-order chi connectivity index (χ0) is 15.5. The Morgan fingerprint density at radius 1 is 0.955 bits per heavy atom. The molecule has 0 aromatic heterocycles. The monoisotopic (exact) mass is 353 g/mol. The Morgan fingerprint density at radius 2 is 1.64 bits per heavy atom. The number of carbonyl (C=O) groups is 1. The van der Waals surface area contributed by atoms with Crippen LogP contribution in [-0.2, 0) is 6.54 Å². The van der Waals surface area contributed by atoms with Crippen LogP contribution in [0.5, 0.6) is 0 Å². The number of hydrogen-bond donors (Lipinski definition) is 0. The number of carbonyl (C=O) groups excluding carboxylic acids is 1. The van der Waals surface area contributed by atoms with E-state index in [-0.39, 0.29) is 5.91 Å². The molecule has 0 N–H and O–H groups in total. The molecule has 110 valence electrons. The van der Waals surface area contributed by atoms with E-state index < -0.39 is 0 Å². The van der Waals surface area contributed by atoms with Crippen molar-refractivity contribution in [1.29, 1.82) is 0 Å². The maximum absolute atomic E-state index is 12.5. The first-order chi connectivity index (χ1) is 10.6. The zero-order valence-electron chi connectivity index (χ0n) is 12.3. The van der Waals surface area contributed by atoms with E-state index in [1.807, 2.05) is 49.5 Å². The van der Waals surface area contributed by atoms with Crippen LogP contribution >= 0.6 is 15.9 Å². The molecule has 0 bridgehead atoms. The third-order valence-electron chi connectivity index (χ3n) is 3.73. The number of nitrogens with zero attached hydrogens (tertiary/aromatic N) is 1. The van der Waals surface area contributed by atoms with Gasteiger partial charge >= 0.3 is 0 Å². The van der Waals surface area contributed by atoms with Gasteiger partial charge in [0.25, 0.3) is 5.91 Å². The van der Waals surface area contributed by atoms with Crippen LogP contribution in [0.1, 0.15) is 15.9 Å². The summed E-state index contributed by atoms with van der Waals surface area (Å²) in [7, 11) is 1.84. The van der Waals surface area contributed by atoms with E-state index in [0.717, 1.165) is 10.0 Å². The van der Waals surface area contributed by atoms with Crippen LogP contribution in [0.4, 0.5) is 0 Å². The first-order valence-corrected chi connectivity index (χ1v) is 7.92. The summed E-state index contributed by atoms with van der Waals surface area (Å²) < 4.78 is 0.973. The summed E-state index contributed by atoms with van der Waals surface area (Å²) in [5, 5.41) is 2.39. The number of amides is 1. The molecular weight excluding hydrogens is 338 g/mol. The van der Waals surface area contributed by atoms with Crippen molar-refractivity contribution in [1.82, 2.24) is 4.90 Å². The predicted molar refractivity (Wildman–Crippen MR) is 93.9 cm³/mol. The number of halogens is 1. The molecule has 3 aromatic rings. The van der Waals surface area contributed by atoms with Crippen LogP contribution in [0.15, 0.2) is 71.2 Å². The van der Waals surface area contributed by atoms with E-state index in [2.05, 4.69) is 40.2 Å². The van der Waals surface area contributed by atoms with Gasteiger partial charge in [0, 0.05) is 23.6 Å². The highest BCUT2D eigenvalue weighted by atomic mass is 79.9. The number of benzene rings is 3. The molecule has 0 aliphatic heterocycles. The van der Waals surface area contributed by atoms with Crippen LogP contribution in [0.2, 0.25) is 0 Å². The quantitative estimate of drug-likeness (QED) is 0.657. The molecule has 0 atom stereocenters. The Hall–Kier alpha value is -2.13. The summed E-state index contributed by atoms with van der Waals surface area (Å²) in [5.41, 5.74) is 1.86. The summed E-state index contributed by atoms with van der Waals surface area (Å²) in [5.74, 6) is 0.0282. The van der Waals surface area contributed by atoms with Crippen molar-refractivity contribution < 1.29 is 4.79 Å². The van der Waals surface area contributed by atoms with Gasteiger partial charge in [-0.15, -0.1) is 0 Å². The second kappa shape index (κ2) is 6.32. The Kier molecular flexibility index (Phi) is 4.25. The number of hydrogen-bond acceptors (Lipinski definition) is 1. The molecule has 0 spiro atoms. The third kappa shape index (κ3) is 3.04. The van der Waals surface area contributed by atoms with Gasteiger partial charge in [0.15, 0.2) is 0 Å². The van der Waals surface area contributed by atoms with Gasteiger partial charge in [-0.05, 0) is 40.6 Å². The summed E-state index contributed by atoms with van der Waals surface area (Å²) in [6.07, 6.45) is 0. The lowest BCUT2D eigenvalue weighted by molar-refractivity contribution is 0.0785. The maximum atomic E-state index is 12.5. The standard InChI is InChI=1S/C19H16BrNO/c1-21(19(22)15-9-11-17(20)12-10-15)13-16-7-4-6-14-5-2-3-8-18(14)16/h2-12H,13H2,1H3. The Balaban J connectivity index is 1.85. The molecule has 22 heavy (non-hydrogen) atoms. The Bertz CT molecular complexity index is 806. The highest BCUT2D eigenvalue weighted by Gasteiger charge is 2.13. The normalized spacial score (nSPS) is 10.6. The van der Waals surface area contributed by atoms with Gasteiger partial charge in [0.05, 0.1) is 0 Å². The van der Waals surface area contributed by atoms with Gasteiger partial charge in [-0.1, -0.05) is 58.4 Å². The molecule has 0 unspecified atom stereocenters. The van der Waals surface area contributed by atoms with E-state index >= 15 is 0 Å². The van der Waals surface area contributed by atoms with Crippen molar-refractivity contribution in [3.05, 3.63) is 82.3 Å². The van der Waals surface area contributed by atoms with Gasteiger partial charge in [-0.25, -0.2) is 0 Å². The molecule has 1 amide bonds. The van der Waals surface area contributed by atoms with Gasteiger partial charge in [0.2, 0.25) is 0 Å². The first-order valence-electron chi connectivity index (χ1n) is 7.13. The molecule has 3 heteroatoms. The number of fused-ring (bicyclic) bond motifs is 1. The molecule has 0 heterocycles. The van der Waals surface area contributed by atoms with E-state index in [0.29, 0.717) is 12.1 Å². The van der Waals surface area contributed by atoms with Crippen LogP contribution in [-0.4, -0.2) is 17.9 Å². The van der Waals surface area contributed by atoms with Crippen LogP contribution in [0, 0.1) is 0 Å². The fraction of sp³-hybridized carbons (Fsp3) is 0.105. The molecule has 3 rings (SSSR count). The molecule has 0 aliphatic rings. The van der Waals surface area contributed by atoms with Gasteiger partial charge in [0.1, 0.15) is 0 Å². The minimum Gasteiger partial charge on any atom is -0.337 e. The highest BCUT2D eigenvalue weighted by molar-refractivity contribution is 9.10. The summed E-state index contributed by atoms with van der Waals surface area (Å²) >= 11 is 3.39. The predicted octanol–water partition coefficient (Wildman–Crippen LogP) is 4.87. The van der Waals surface area contributed by atoms with Crippen molar-refractivity contribution in [2.75, 3.05) is 7.05 Å². The third-order valence-corrected chi connectivity index (χ3v) is 4.25. The molecule has 0 saturated carbocycles. The number of rotatable bonds is 3. The van der Waals surface area contributed by atoms with E-state index in [1.54, 1.807) is 4.90 Å². The Morgan fingerprint density at radius 3 is 2.41 bits per heavy atom. The smallest absolute Gasteiger partial charge is 0.253 e. The first kappa shape index (κ1) is 14.8. The molecular formula is C19H16BrNO. The van der Waals surface area contributed by atoms with Crippen LogP contribution in [0.3, 0.4) is 0 Å². The summed E-state index contributed by atoms with van der Waals surface area (Å²) in [4.78, 5) is 14.3. The average Bonchev–Trinajstić information content (AvgIpc) is 2.55. The molecule has 0 fully saturated rings. The lowest BCUT2D eigenvalue weighted by Crippen LogP contribution is -2.26. The SMILES string of the molecule is CN(Cc1cccc2ccccc12)C(=O)c1ccc(Br)cc1. The largest absolute Gasteiger partial charge is 0.337 e. The van der Waals surface area contributed by atoms with Gasteiger partial charge in [-0.2, -0.15) is 0 Å². The average molecular weight is 354 g/mol. The fourth-order valence-corrected chi connectivity index (χ4v) is 2.83. The maximum Gasteiger partial charge on any atom is 0.253 e. The molecule has 0 radical (unpaired) electrons.